The second-order valence-electron chi connectivity index (χ2n) is 5.00. The van der Waals surface area contributed by atoms with Gasteiger partial charge >= 0.3 is 5.97 Å². The zero-order chi connectivity index (χ0) is 14.7. The van der Waals surface area contributed by atoms with Crippen LogP contribution in [0.1, 0.15) is 47.0 Å². The summed E-state index contributed by atoms with van der Waals surface area (Å²) in [4.78, 5) is 23.2. The van der Waals surface area contributed by atoms with E-state index in [1.165, 1.54) is 0 Å². The summed E-state index contributed by atoms with van der Waals surface area (Å²) >= 11 is 0. The molecule has 0 aliphatic rings. The van der Waals surface area contributed by atoms with E-state index < -0.39 is 0 Å². The first-order chi connectivity index (χ1) is 9.01. The van der Waals surface area contributed by atoms with Crippen molar-refractivity contribution >= 4 is 11.9 Å². The first-order valence-electron chi connectivity index (χ1n) is 7.17. The summed E-state index contributed by atoms with van der Waals surface area (Å²) in [5.41, 5.74) is 0. The number of rotatable bonds is 10. The SMILES string of the molecule is CCCC(NCCC(=O)NCC(C)C)C(=O)OCC. The van der Waals surface area contributed by atoms with Crippen LogP contribution < -0.4 is 10.6 Å². The van der Waals surface area contributed by atoms with Crippen molar-refractivity contribution in [3.8, 4) is 0 Å². The summed E-state index contributed by atoms with van der Waals surface area (Å²) in [6.07, 6.45) is 2.01. The molecule has 0 rings (SSSR count). The van der Waals surface area contributed by atoms with Crippen LogP contribution in [0.5, 0.6) is 0 Å². The Labute approximate surface area is 116 Å². The Balaban J connectivity index is 3.91. The fourth-order valence-electron chi connectivity index (χ4n) is 1.60. The molecule has 0 aliphatic heterocycles. The standard InChI is InChI=1S/C14H28N2O3/c1-5-7-12(14(18)19-6-2)15-9-8-13(17)16-10-11(3)4/h11-12,15H,5-10H2,1-4H3,(H,16,17). The van der Waals surface area contributed by atoms with Crippen LogP contribution in [0.3, 0.4) is 0 Å². The number of hydrogen-bond donors (Lipinski definition) is 2. The molecule has 1 unspecified atom stereocenters. The molecule has 0 radical (unpaired) electrons. The lowest BCUT2D eigenvalue weighted by atomic mass is 10.1. The Morgan fingerprint density at radius 1 is 1.21 bits per heavy atom. The lowest BCUT2D eigenvalue weighted by Gasteiger charge is -2.16. The highest BCUT2D eigenvalue weighted by Gasteiger charge is 2.18. The van der Waals surface area contributed by atoms with Crippen molar-refractivity contribution in [2.75, 3.05) is 19.7 Å². The summed E-state index contributed by atoms with van der Waals surface area (Å²) in [5.74, 6) is 0.233. The van der Waals surface area contributed by atoms with Gasteiger partial charge in [-0.2, -0.15) is 0 Å². The molecule has 1 amide bonds. The first kappa shape index (κ1) is 17.9. The predicted octanol–water partition coefficient (Wildman–Crippen LogP) is 1.47. The minimum atomic E-state index is -0.303. The van der Waals surface area contributed by atoms with Gasteiger partial charge in [0.05, 0.1) is 6.61 Å². The molecule has 0 heterocycles. The molecule has 1 atom stereocenters. The maximum Gasteiger partial charge on any atom is 0.323 e. The molecule has 0 aromatic rings. The molecule has 0 saturated heterocycles. The fraction of sp³-hybridized carbons (Fsp3) is 0.857. The van der Waals surface area contributed by atoms with Crippen molar-refractivity contribution in [2.24, 2.45) is 5.92 Å². The quantitative estimate of drug-likeness (QED) is 0.591. The lowest BCUT2D eigenvalue weighted by molar-refractivity contribution is -0.146. The average Bonchev–Trinajstić information content (AvgIpc) is 2.35. The smallest absolute Gasteiger partial charge is 0.323 e. The Bertz CT molecular complexity index is 267. The number of carbonyl (C=O) groups is 2. The highest BCUT2D eigenvalue weighted by molar-refractivity contribution is 5.77. The van der Waals surface area contributed by atoms with Gasteiger partial charge in [-0.1, -0.05) is 27.2 Å². The minimum absolute atomic E-state index is 0.0142. The van der Waals surface area contributed by atoms with Crippen molar-refractivity contribution in [1.82, 2.24) is 10.6 Å². The van der Waals surface area contributed by atoms with Gasteiger partial charge in [-0.05, 0) is 19.3 Å². The van der Waals surface area contributed by atoms with Crippen LogP contribution in [0.15, 0.2) is 0 Å². The van der Waals surface area contributed by atoms with Gasteiger partial charge in [0, 0.05) is 19.5 Å². The van der Waals surface area contributed by atoms with Gasteiger partial charge in [0.15, 0.2) is 0 Å². The molecule has 0 bridgehead atoms. The monoisotopic (exact) mass is 272 g/mol. The summed E-state index contributed by atoms with van der Waals surface area (Å²) in [7, 11) is 0. The van der Waals surface area contributed by atoms with E-state index in [2.05, 4.69) is 24.5 Å². The molecule has 112 valence electrons. The molecule has 0 fully saturated rings. The average molecular weight is 272 g/mol. The molecule has 0 spiro atoms. The molecule has 0 aromatic carbocycles. The summed E-state index contributed by atoms with van der Waals surface area (Å²) < 4.78 is 4.99. The summed E-state index contributed by atoms with van der Waals surface area (Å²) in [5, 5.41) is 5.94. The van der Waals surface area contributed by atoms with E-state index in [9.17, 15) is 9.59 Å². The third-order valence-electron chi connectivity index (χ3n) is 2.60. The van der Waals surface area contributed by atoms with Gasteiger partial charge in [-0.25, -0.2) is 0 Å². The number of esters is 1. The van der Waals surface area contributed by atoms with Crippen molar-refractivity contribution in [2.45, 2.75) is 53.0 Å². The van der Waals surface area contributed by atoms with Crippen LogP contribution in [-0.2, 0) is 14.3 Å². The maximum atomic E-state index is 11.6. The van der Waals surface area contributed by atoms with Crippen LogP contribution >= 0.6 is 0 Å². The molecule has 5 heteroatoms. The van der Waals surface area contributed by atoms with Crippen LogP contribution in [0.25, 0.3) is 0 Å². The molecule has 0 aliphatic carbocycles. The van der Waals surface area contributed by atoms with Crippen LogP contribution in [0.4, 0.5) is 0 Å². The van der Waals surface area contributed by atoms with Gasteiger partial charge in [-0.3, -0.25) is 9.59 Å². The lowest BCUT2D eigenvalue weighted by Crippen LogP contribution is -2.40. The Morgan fingerprint density at radius 3 is 2.42 bits per heavy atom. The van der Waals surface area contributed by atoms with Gasteiger partial charge in [0.25, 0.3) is 0 Å². The molecule has 2 N–H and O–H groups in total. The predicted molar refractivity (Wildman–Crippen MR) is 75.8 cm³/mol. The van der Waals surface area contributed by atoms with Gasteiger partial charge in [0.2, 0.25) is 5.91 Å². The van der Waals surface area contributed by atoms with Gasteiger partial charge < -0.3 is 15.4 Å². The van der Waals surface area contributed by atoms with Gasteiger partial charge in [-0.15, -0.1) is 0 Å². The zero-order valence-electron chi connectivity index (χ0n) is 12.6. The normalized spacial score (nSPS) is 12.3. The first-order valence-corrected chi connectivity index (χ1v) is 7.17. The Morgan fingerprint density at radius 2 is 1.89 bits per heavy atom. The summed E-state index contributed by atoms with van der Waals surface area (Å²) in [6, 6.07) is -0.303. The number of ether oxygens (including phenoxy) is 1. The van der Waals surface area contributed by atoms with E-state index in [1.54, 1.807) is 6.92 Å². The number of amides is 1. The second kappa shape index (κ2) is 10.8. The molecule has 5 nitrogen and oxygen atoms in total. The van der Waals surface area contributed by atoms with Crippen molar-refractivity contribution in [3.63, 3.8) is 0 Å². The van der Waals surface area contributed by atoms with Crippen molar-refractivity contribution < 1.29 is 14.3 Å². The van der Waals surface area contributed by atoms with Gasteiger partial charge in [0.1, 0.15) is 6.04 Å². The van der Waals surface area contributed by atoms with Crippen molar-refractivity contribution in [1.29, 1.82) is 0 Å². The van der Waals surface area contributed by atoms with E-state index in [1.807, 2.05) is 6.92 Å². The second-order valence-corrected chi connectivity index (χ2v) is 5.00. The summed E-state index contributed by atoms with van der Waals surface area (Å²) in [6.45, 7) is 9.48. The zero-order valence-corrected chi connectivity index (χ0v) is 12.6. The number of carbonyl (C=O) groups excluding carboxylic acids is 2. The maximum absolute atomic E-state index is 11.6. The Kier molecular flexibility index (Phi) is 10.2. The molecular formula is C14H28N2O3. The van der Waals surface area contributed by atoms with Crippen molar-refractivity contribution in [3.05, 3.63) is 0 Å². The third kappa shape index (κ3) is 9.47. The minimum Gasteiger partial charge on any atom is -0.465 e. The van der Waals surface area contributed by atoms with E-state index in [0.29, 0.717) is 32.0 Å². The number of nitrogens with one attached hydrogen (secondary N) is 2. The molecule has 19 heavy (non-hydrogen) atoms. The number of hydrogen-bond acceptors (Lipinski definition) is 4. The Hall–Kier alpha value is -1.10. The third-order valence-corrected chi connectivity index (χ3v) is 2.60. The molecule has 0 saturated carbocycles. The topological polar surface area (TPSA) is 67.4 Å². The fourth-order valence-corrected chi connectivity index (χ4v) is 1.60. The van der Waals surface area contributed by atoms with E-state index in [0.717, 1.165) is 12.8 Å². The molecular weight excluding hydrogens is 244 g/mol. The van der Waals surface area contributed by atoms with E-state index in [-0.39, 0.29) is 17.9 Å². The van der Waals surface area contributed by atoms with Crippen LogP contribution in [-0.4, -0.2) is 37.6 Å². The van der Waals surface area contributed by atoms with E-state index >= 15 is 0 Å². The highest BCUT2D eigenvalue weighted by Crippen LogP contribution is 2.00. The molecule has 0 aromatic heterocycles. The van der Waals surface area contributed by atoms with Crippen LogP contribution in [0, 0.1) is 5.92 Å². The van der Waals surface area contributed by atoms with Crippen LogP contribution in [0.2, 0.25) is 0 Å². The van der Waals surface area contributed by atoms with E-state index in [4.69, 9.17) is 4.74 Å². The highest BCUT2D eigenvalue weighted by atomic mass is 16.5. The largest absolute Gasteiger partial charge is 0.465 e.